The summed E-state index contributed by atoms with van der Waals surface area (Å²) >= 11 is 3.43. The van der Waals surface area contributed by atoms with Crippen molar-refractivity contribution >= 4 is 50.0 Å². The first-order chi connectivity index (χ1) is 18.0. The highest BCUT2D eigenvalue weighted by atomic mass is 79.9. The number of rotatable bonds is 5. The van der Waals surface area contributed by atoms with Crippen LogP contribution in [0, 0.1) is 0 Å². The van der Waals surface area contributed by atoms with Crippen molar-refractivity contribution in [3.8, 4) is 0 Å². The minimum absolute atomic E-state index is 0.0469. The minimum atomic E-state index is -0.901. The number of piperidine rings is 1. The van der Waals surface area contributed by atoms with Gasteiger partial charge in [0.25, 0.3) is 5.91 Å². The van der Waals surface area contributed by atoms with Gasteiger partial charge >= 0.3 is 0 Å². The second kappa shape index (κ2) is 9.52. The van der Waals surface area contributed by atoms with Gasteiger partial charge < -0.3 is 14.4 Å². The van der Waals surface area contributed by atoms with Crippen LogP contribution in [-0.2, 0) is 4.79 Å². The van der Waals surface area contributed by atoms with E-state index in [1.54, 1.807) is 36.5 Å². The monoisotopic (exact) mass is 557 g/mol. The average Bonchev–Trinajstić information content (AvgIpc) is 3.47. The van der Waals surface area contributed by atoms with E-state index in [0.29, 0.717) is 17.0 Å². The molecule has 2 aromatic heterocycles. The summed E-state index contributed by atoms with van der Waals surface area (Å²) in [6.07, 6.45) is 5.17. The summed E-state index contributed by atoms with van der Waals surface area (Å²) in [6.45, 7) is 2.02. The Morgan fingerprint density at radius 3 is 2.46 bits per heavy atom. The summed E-state index contributed by atoms with van der Waals surface area (Å²) in [5.41, 5.74) is 2.62. The van der Waals surface area contributed by atoms with Crippen LogP contribution in [0.4, 0.5) is 11.4 Å². The molecule has 1 amide bonds. The number of hydrogen-bond donors (Lipinski definition) is 1. The van der Waals surface area contributed by atoms with Gasteiger partial charge in [-0.15, -0.1) is 0 Å². The Kier molecular flexibility index (Phi) is 6.04. The number of pyridine rings is 1. The molecule has 1 fully saturated rings. The van der Waals surface area contributed by atoms with E-state index in [4.69, 9.17) is 4.42 Å². The van der Waals surface area contributed by atoms with Crippen molar-refractivity contribution in [3.63, 3.8) is 0 Å². The Hall–Kier alpha value is -3.91. The fourth-order valence-electron chi connectivity index (χ4n) is 5.16. The van der Waals surface area contributed by atoms with E-state index in [-0.39, 0.29) is 11.3 Å². The lowest BCUT2D eigenvalue weighted by Gasteiger charge is -2.30. The van der Waals surface area contributed by atoms with E-state index in [9.17, 15) is 14.7 Å². The van der Waals surface area contributed by atoms with E-state index in [0.717, 1.165) is 41.5 Å². The van der Waals surface area contributed by atoms with Crippen LogP contribution in [-0.4, -0.2) is 34.9 Å². The number of furan rings is 1. The molecule has 0 saturated carbocycles. The van der Waals surface area contributed by atoms with Crippen LogP contribution in [0.2, 0.25) is 0 Å². The fourth-order valence-corrected chi connectivity index (χ4v) is 5.53. The third-order valence-corrected chi connectivity index (χ3v) is 7.47. The Labute approximate surface area is 222 Å². The first-order valence-electron chi connectivity index (χ1n) is 12.3. The lowest BCUT2D eigenvalue weighted by Crippen LogP contribution is -2.32. The Morgan fingerprint density at radius 2 is 1.73 bits per heavy atom. The molecule has 4 heterocycles. The van der Waals surface area contributed by atoms with Gasteiger partial charge in [0.1, 0.15) is 11.6 Å². The molecule has 1 unspecified atom stereocenters. The molecule has 1 N–H and O–H groups in total. The predicted octanol–water partition coefficient (Wildman–Crippen LogP) is 6.36. The third-order valence-electron chi connectivity index (χ3n) is 6.97. The highest BCUT2D eigenvalue weighted by molar-refractivity contribution is 9.10. The van der Waals surface area contributed by atoms with Crippen molar-refractivity contribution in [2.45, 2.75) is 25.3 Å². The number of halogens is 1. The quantitative estimate of drug-likeness (QED) is 0.287. The number of aliphatic hydroxyl groups excluding tert-OH is 1. The summed E-state index contributed by atoms with van der Waals surface area (Å²) in [5.74, 6) is -1.75. The Morgan fingerprint density at radius 1 is 0.973 bits per heavy atom. The van der Waals surface area contributed by atoms with Crippen molar-refractivity contribution in [2.24, 2.45) is 0 Å². The fraction of sp³-hybridized carbons (Fsp3) is 0.207. The summed E-state index contributed by atoms with van der Waals surface area (Å²) < 4.78 is 6.67. The highest BCUT2D eigenvalue weighted by Gasteiger charge is 2.46. The number of aromatic nitrogens is 1. The first-order valence-corrected chi connectivity index (χ1v) is 13.1. The summed E-state index contributed by atoms with van der Waals surface area (Å²) in [7, 11) is 0. The summed E-state index contributed by atoms with van der Waals surface area (Å²) in [5, 5.41) is 11.8. The standard InChI is InChI=1S/C29H24BrN3O4/c30-19-7-12-23-18(16-19)17-24(37-23)27(34)25-26(22-6-2-3-13-31-22)33(29(36)28(25)35)21-10-8-20(9-11-21)32-14-4-1-5-15-32/h2-3,6-13,16-17,26,35H,1,4-5,14-15H2. The van der Waals surface area contributed by atoms with Gasteiger partial charge in [0, 0.05) is 40.5 Å². The van der Waals surface area contributed by atoms with Crippen molar-refractivity contribution in [2.75, 3.05) is 22.9 Å². The maximum atomic E-state index is 13.7. The van der Waals surface area contributed by atoms with Crippen molar-refractivity contribution < 1.29 is 19.1 Å². The normalized spacial score (nSPS) is 18.2. The number of aliphatic hydroxyl groups is 1. The third kappa shape index (κ3) is 4.21. The molecule has 0 spiro atoms. The van der Waals surface area contributed by atoms with Crippen LogP contribution in [0.3, 0.4) is 0 Å². The van der Waals surface area contributed by atoms with Gasteiger partial charge in [-0.05, 0) is 79.9 Å². The van der Waals surface area contributed by atoms with Gasteiger partial charge in [0.05, 0.1) is 11.3 Å². The number of fused-ring (bicyclic) bond motifs is 1. The van der Waals surface area contributed by atoms with E-state index < -0.39 is 23.5 Å². The number of benzene rings is 2. The molecule has 4 aromatic rings. The molecular weight excluding hydrogens is 534 g/mol. The van der Waals surface area contributed by atoms with E-state index >= 15 is 0 Å². The molecule has 7 nitrogen and oxygen atoms in total. The second-order valence-electron chi connectivity index (χ2n) is 9.28. The summed E-state index contributed by atoms with van der Waals surface area (Å²) in [4.78, 5) is 35.4. The van der Waals surface area contributed by atoms with Gasteiger partial charge in [-0.25, -0.2) is 0 Å². The second-order valence-corrected chi connectivity index (χ2v) is 10.2. The zero-order valence-electron chi connectivity index (χ0n) is 19.9. The van der Waals surface area contributed by atoms with Gasteiger partial charge in [-0.2, -0.15) is 0 Å². The maximum Gasteiger partial charge on any atom is 0.294 e. The molecule has 2 aromatic carbocycles. The van der Waals surface area contributed by atoms with Gasteiger partial charge in [0.2, 0.25) is 5.78 Å². The van der Waals surface area contributed by atoms with Gasteiger partial charge in [0.15, 0.2) is 11.5 Å². The Bertz CT molecular complexity index is 1520. The molecule has 8 heteroatoms. The summed E-state index contributed by atoms with van der Waals surface area (Å²) in [6, 6.07) is 19.1. The van der Waals surface area contributed by atoms with Gasteiger partial charge in [-0.3, -0.25) is 19.5 Å². The zero-order valence-corrected chi connectivity index (χ0v) is 21.5. The lowest BCUT2D eigenvalue weighted by atomic mass is 9.98. The zero-order chi connectivity index (χ0) is 25.5. The molecule has 1 atom stereocenters. The van der Waals surface area contributed by atoms with Crippen LogP contribution in [0.25, 0.3) is 11.0 Å². The molecule has 2 aliphatic heterocycles. The lowest BCUT2D eigenvalue weighted by molar-refractivity contribution is -0.117. The molecule has 6 rings (SSSR count). The first kappa shape index (κ1) is 23.5. The maximum absolute atomic E-state index is 13.7. The van der Waals surface area contributed by atoms with Crippen LogP contribution in [0.5, 0.6) is 0 Å². The van der Waals surface area contributed by atoms with E-state index in [1.807, 2.05) is 36.4 Å². The average molecular weight is 558 g/mol. The van der Waals surface area contributed by atoms with Crippen LogP contribution >= 0.6 is 15.9 Å². The number of amides is 1. The van der Waals surface area contributed by atoms with Crippen LogP contribution < -0.4 is 9.80 Å². The number of hydrogen-bond acceptors (Lipinski definition) is 6. The highest BCUT2D eigenvalue weighted by Crippen LogP contribution is 2.42. The number of nitrogens with zero attached hydrogens (tertiary/aromatic N) is 3. The topological polar surface area (TPSA) is 86.9 Å². The molecule has 1 saturated heterocycles. The van der Waals surface area contributed by atoms with Crippen molar-refractivity contribution in [3.05, 3.63) is 100 Å². The smallest absolute Gasteiger partial charge is 0.294 e. The largest absolute Gasteiger partial charge is 0.503 e. The van der Waals surface area contributed by atoms with Crippen LogP contribution in [0.1, 0.15) is 41.6 Å². The molecule has 37 heavy (non-hydrogen) atoms. The van der Waals surface area contributed by atoms with Crippen molar-refractivity contribution in [1.82, 2.24) is 4.98 Å². The molecule has 0 bridgehead atoms. The van der Waals surface area contributed by atoms with Crippen LogP contribution in [0.15, 0.2) is 93.1 Å². The molecule has 0 aliphatic carbocycles. The molecular formula is C29H24BrN3O4. The number of carbonyl (C=O) groups excluding carboxylic acids is 2. The number of anilines is 2. The van der Waals surface area contributed by atoms with E-state index in [2.05, 4.69) is 25.8 Å². The molecule has 2 aliphatic rings. The predicted molar refractivity (Wildman–Crippen MR) is 145 cm³/mol. The number of carbonyl (C=O) groups is 2. The number of Topliss-reactive ketones (excluding diaryl/α,β-unsaturated/α-hetero) is 1. The Balaban J connectivity index is 1.40. The van der Waals surface area contributed by atoms with Crippen molar-refractivity contribution in [1.29, 1.82) is 0 Å². The SMILES string of the molecule is O=C(C1=C(O)C(=O)N(c2ccc(N3CCCCC3)cc2)C1c1ccccn1)c1cc2cc(Br)ccc2o1. The van der Waals surface area contributed by atoms with E-state index in [1.165, 1.54) is 11.3 Å². The molecule has 186 valence electrons. The molecule has 0 radical (unpaired) electrons. The minimum Gasteiger partial charge on any atom is -0.503 e. The van der Waals surface area contributed by atoms with Gasteiger partial charge in [-0.1, -0.05) is 22.0 Å². The number of ketones is 1.